The molecule has 4 nitrogen and oxygen atoms in total. The molecule has 0 saturated heterocycles. The molecule has 44 valence electrons. The predicted octanol–water partition coefficient (Wildman–Crippen LogP) is -0.525. The third-order valence-corrected chi connectivity index (χ3v) is 1.94. The van der Waals surface area contributed by atoms with E-state index in [-0.39, 0.29) is 18.9 Å². The first kappa shape index (κ1) is 11.4. The van der Waals surface area contributed by atoms with Gasteiger partial charge in [0, 0.05) is 0 Å². The maximum absolute atomic E-state index is 9.58. The SMILES string of the molecule is O=PCS(=O)(=O)O.[LiH]. The zero-order chi connectivity index (χ0) is 5.91. The summed E-state index contributed by atoms with van der Waals surface area (Å²) in [6, 6.07) is 0. The van der Waals surface area contributed by atoms with E-state index in [9.17, 15) is 13.0 Å². The summed E-state index contributed by atoms with van der Waals surface area (Å²) >= 11 is 0. The van der Waals surface area contributed by atoms with Gasteiger partial charge in [0.2, 0.25) is 0 Å². The molecule has 0 aromatic heterocycles. The van der Waals surface area contributed by atoms with Crippen molar-refractivity contribution in [2.45, 2.75) is 0 Å². The topological polar surface area (TPSA) is 71.4 Å². The Balaban J connectivity index is 0. The van der Waals surface area contributed by atoms with Gasteiger partial charge >= 0.3 is 18.9 Å². The number of hydrogen-bond acceptors (Lipinski definition) is 3. The third-order valence-electron chi connectivity index (χ3n) is 0.216. The van der Waals surface area contributed by atoms with E-state index in [0.717, 1.165) is 0 Å². The van der Waals surface area contributed by atoms with Crippen LogP contribution >= 0.6 is 8.46 Å². The summed E-state index contributed by atoms with van der Waals surface area (Å²) in [6.45, 7) is 0. The Morgan fingerprint density at radius 2 is 1.88 bits per heavy atom. The fourth-order valence-corrected chi connectivity index (χ4v) is 0.599. The first-order valence-electron chi connectivity index (χ1n) is 1.30. The van der Waals surface area contributed by atoms with Crippen molar-refractivity contribution in [2.75, 3.05) is 5.49 Å². The number of rotatable bonds is 2. The van der Waals surface area contributed by atoms with Gasteiger partial charge in [-0.25, -0.2) is 0 Å². The second-order valence-corrected chi connectivity index (χ2v) is 3.29. The van der Waals surface area contributed by atoms with Crippen molar-refractivity contribution in [3.8, 4) is 0 Å². The maximum atomic E-state index is 9.58. The Labute approximate surface area is 60.8 Å². The Kier molecular flexibility index (Phi) is 6.39. The van der Waals surface area contributed by atoms with E-state index in [4.69, 9.17) is 4.55 Å². The molecule has 0 aliphatic rings. The average molecular weight is 150 g/mol. The fraction of sp³-hybridized carbons (Fsp3) is 1.00. The third kappa shape index (κ3) is 9.79. The van der Waals surface area contributed by atoms with Gasteiger partial charge in [-0.1, -0.05) is 0 Å². The zero-order valence-electron chi connectivity index (χ0n) is 3.23. The summed E-state index contributed by atoms with van der Waals surface area (Å²) in [6.07, 6.45) is 0. The molecule has 0 atom stereocenters. The quantitative estimate of drug-likeness (QED) is 0.326. The van der Waals surface area contributed by atoms with Crippen molar-refractivity contribution < 1.29 is 17.5 Å². The molecule has 0 bridgehead atoms. The molecule has 0 spiro atoms. The van der Waals surface area contributed by atoms with E-state index in [0.29, 0.717) is 0 Å². The Bertz CT molecular complexity index is 149. The summed E-state index contributed by atoms with van der Waals surface area (Å²) in [5.41, 5.74) is -0.715. The molecule has 7 heteroatoms. The van der Waals surface area contributed by atoms with E-state index in [1.54, 1.807) is 0 Å². The van der Waals surface area contributed by atoms with Crippen LogP contribution in [0.2, 0.25) is 0 Å². The van der Waals surface area contributed by atoms with Crippen molar-refractivity contribution in [2.24, 2.45) is 0 Å². The van der Waals surface area contributed by atoms with E-state index in [1.165, 1.54) is 0 Å². The first-order valence-corrected chi connectivity index (χ1v) is 3.91. The van der Waals surface area contributed by atoms with Crippen LogP contribution in [0.5, 0.6) is 0 Å². The average Bonchev–Trinajstić information content (AvgIpc) is 1.30. The van der Waals surface area contributed by atoms with Crippen LogP contribution in [0.15, 0.2) is 0 Å². The van der Waals surface area contributed by atoms with Crippen LogP contribution in [0.25, 0.3) is 0 Å². The molecule has 0 heterocycles. The molecule has 1 N–H and O–H groups in total. The summed E-state index contributed by atoms with van der Waals surface area (Å²) in [5, 5.41) is 0. The molecule has 8 heavy (non-hydrogen) atoms. The number of hydrogen-bond donors (Lipinski definition) is 1. The van der Waals surface area contributed by atoms with Crippen molar-refractivity contribution in [3.63, 3.8) is 0 Å². The van der Waals surface area contributed by atoms with E-state index in [2.05, 4.69) is 0 Å². The zero-order valence-corrected chi connectivity index (χ0v) is 4.95. The van der Waals surface area contributed by atoms with E-state index in [1.807, 2.05) is 0 Å². The summed E-state index contributed by atoms with van der Waals surface area (Å²) in [7, 11) is -4.58. The van der Waals surface area contributed by atoms with Gasteiger partial charge in [-0.3, -0.25) is 9.12 Å². The van der Waals surface area contributed by atoms with Gasteiger partial charge in [-0.2, -0.15) is 8.42 Å². The molecule has 0 amide bonds. The van der Waals surface area contributed by atoms with Crippen molar-refractivity contribution in [1.82, 2.24) is 0 Å². The molecule has 0 radical (unpaired) electrons. The summed E-state index contributed by atoms with van der Waals surface area (Å²) in [5.74, 6) is 0. The summed E-state index contributed by atoms with van der Waals surface area (Å²) < 4.78 is 36.3. The van der Waals surface area contributed by atoms with Crippen LogP contribution in [0.1, 0.15) is 0 Å². The monoisotopic (exact) mass is 150 g/mol. The molecule has 0 aromatic rings. The van der Waals surface area contributed by atoms with Crippen LogP contribution in [-0.2, 0) is 14.7 Å². The molecule has 0 aliphatic heterocycles. The predicted molar refractivity (Wildman–Crippen MR) is 31.2 cm³/mol. The first-order chi connectivity index (χ1) is 3.06. The van der Waals surface area contributed by atoms with E-state index < -0.39 is 24.1 Å². The van der Waals surface area contributed by atoms with Crippen LogP contribution in [-0.4, -0.2) is 37.3 Å². The van der Waals surface area contributed by atoms with Crippen LogP contribution in [0.4, 0.5) is 0 Å². The van der Waals surface area contributed by atoms with Gasteiger partial charge in [0.1, 0.15) is 0 Å². The van der Waals surface area contributed by atoms with Gasteiger partial charge in [0.25, 0.3) is 10.1 Å². The molecule has 0 fully saturated rings. The second kappa shape index (κ2) is 4.48. The molecule has 0 saturated carbocycles. The molecule has 0 aromatic carbocycles. The van der Waals surface area contributed by atoms with E-state index >= 15 is 0 Å². The Morgan fingerprint density at radius 1 is 1.50 bits per heavy atom. The fourth-order valence-electron chi connectivity index (χ4n) is 0.0666. The van der Waals surface area contributed by atoms with Gasteiger partial charge in [0.05, 0.1) is 0 Å². The normalized spacial score (nSPS) is 10.6. The second-order valence-electron chi connectivity index (χ2n) is 0.840. The minimum atomic E-state index is -4.00. The Morgan fingerprint density at radius 3 is 1.88 bits per heavy atom. The van der Waals surface area contributed by atoms with Crippen LogP contribution < -0.4 is 0 Å². The molecular weight excluding hydrogens is 146 g/mol. The van der Waals surface area contributed by atoms with Crippen molar-refractivity contribution in [1.29, 1.82) is 0 Å². The van der Waals surface area contributed by atoms with Gasteiger partial charge in [0.15, 0.2) is 14.0 Å². The molecule has 0 rings (SSSR count). The van der Waals surface area contributed by atoms with Crippen molar-refractivity contribution >= 4 is 37.4 Å². The van der Waals surface area contributed by atoms with Crippen molar-refractivity contribution in [3.05, 3.63) is 0 Å². The Hall–Kier alpha value is 0.607. The molecule has 0 unspecified atom stereocenters. The molecular formula is CH4LiO4PS. The minimum absolute atomic E-state index is 0. The van der Waals surface area contributed by atoms with Gasteiger partial charge in [-0.15, -0.1) is 0 Å². The summed E-state index contributed by atoms with van der Waals surface area (Å²) in [4.78, 5) is 0. The van der Waals surface area contributed by atoms with Crippen LogP contribution in [0, 0.1) is 0 Å². The van der Waals surface area contributed by atoms with Gasteiger partial charge < -0.3 is 0 Å². The van der Waals surface area contributed by atoms with Crippen LogP contribution in [0.3, 0.4) is 0 Å². The van der Waals surface area contributed by atoms with Gasteiger partial charge in [-0.05, 0) is 0 Å². The molecule has 0 aliphatic carbocycles. The standard InChI is InChI=1S/CH3O4PS.Li.H/c2-6-1-7(3,4)5;;/h1H2,(H,3,4,5);;.